The average molecular weight is 203 g/mol. The number of pyridine rings is 1. The molecule has 0 spiro atoms. The summed E-state index contributed by atoms with van der Waals surface area (Å²) in [5, 5.41) is 0. The maximum Gasteiger partial charge on any atom is 0.271 e. The second kappa shape index (κ2) is 4.19. The minimum atomic E-state index is -2.70. The quantitative estimate of drug-likeness (QED) is 0.770. The molecule has 1 aromatic rings. The van der Waals surface area contributed by atoms with Crippen molar-refractivity contribution in [3.8, 4) is 5.88 Å². The van der Waals surface area contributed by atoms with Gasteiger partial charge in [0.05, 0.1) is 12.8 Å². The highest BCUT2D eigenvalue weighted by molar-refractivity contribution is 5.53. The van der Waals surface area contributed by atoms with E-state index in [2.05, 4.69) is 4.98 Å². The molecule has 0 aromatic carbocycles. The van der Waals surface area contributed by atoms with Crippen LogP contribution in [-0.4, -0.2) is 12.1 Å². The molecule has 0 amide bonds. The highest BCUT2D eigenvalue weighted by Gasteiger charge is 2.19. The molecule has 0 saturated heterocycles. The zero-order valence-electron chi connectivity index (χ0n) is 7.63. The van der Waals surface area contributed by atoms with E-state index in [0.717, 1.165) is 0 Å². The van der Waals surface area contributed by atoms with Gasteiger partial charge in [0.1, 0.15) is 5.56 Å². The number of nitrogen functional groups attached to an aromatic ring is 1. The van der Waals surface area contributed by atoms with Gasteiger partial charge < -0.3 is 16.2 Å². The molecule has 1 rings (SSSR count). The number of methoxy groups -OCH3 is 1. The molecule has 4 nitrogen and oxygen atoms in total. The molecule has 0 fully saturated rings. The first-order valence-corrected chi connectivity index (χ1v) is 3.91. The Morgan fingerprint density at radius 1 is 1.57 bits per heavy atom. The van der Waals surface area contributed by atoms with Crippen LogP contribution >= 0.6 is 0 Å². The Kier molecular flexibility index (Phi) is 3.19. The molecule has 0 unspecified atom stereocenters. The van der Waals surface area contributed by atoms with Crippen LogP contribution in [0.3, 0.4) is 0 Å². The monoisotopic (exact) mass is 203 g/mol. The second-order valence-corrected chi connectivity index (χ2v) is 2.63. The maximum atomic E-state index is 12.5. The first kappa shape index (κ1) is 10.6. The third-order valence-electron chi connectivity index (χ3n) is 1.73. The fourth-order valence-electron chi connectivity index (χ4n) is 1.08. The first-order valence-electron chi connectivity index (χ1n) is 3.91. The molecular weight excluding hydrogens is 192 g/mol. The number of aromatic nitrogens is 1. The van der Waals surface area contributed by atoms with Crippen LogP contribution in [0.25, 0.3) is 0 Å². The van der Waals surface area contributed by atoms with Gasteiger partial charge in [0.15, 0.2) is 0 Å². The van der Waals surface area contributed by atoms with Crippen LogP contribution in [0.15, 0.2) is 6.07 Å². The van der Waals surface area contributed by atoms with Gasteiger partial charge >= 0.3 is 0 Å². The number of nitrogens with two attached hydrogens (primary N) is 2. The number of alkyl halides is 2. The Morgan fingerprint density at radius 3 is 2.64 bits per heavy atom. The minimum Gasteiger partial charge on any atom is -0.481 e. The predicted octanol–water partition coefficient (Wildman–Crippen LogP) is 1.07. The summed E-state index contributed by atoms with van der Waals surface area (Å²) >= 11 is 0. The fraction of sp³-hybridized carbons (Fsp3) is 0.375. The maximum absolute atomic E-state index is 12.5. The van der Waals surface area contributed by atoms with Gasteiger partial charge in [-0.25, -0.2) is 13.8 Å². The van der Waals surface area contributed by atoms with E-state index in [9.17, 15) is 8.78 Å². The number of halogens is 2. The van der Waals surface area contributed by atoms with Gasteiger partial charge in [0.25, 0.3) is 6.43 Å². The summed E-state index contributed by atoms with van der Waals surface area (Å²) in [6.07, 6.45) is -2.70. The van der Waals surface area contributed by atoms with Crippen LogP contribution in [0.4, 0.5) is 14.5 Å². The van der Waals surface area contributed by atoms with E-state index >= 15 is 0 Å². The van der Waals surface area contributed by atoms with E-state index in [-0.39, 0.29) is 23.7 Å². The Bertz CT molecular complexity index is 331. The lowest BCUT2D eigenvalue weighted by Crippen LogP contribution is -2.07. The topological polar surface area (TPSA) is 74.2 Å². The Labute approximate surface area is 79.9 Å². The molecule has 0 aliphatic carbocycles. The van der Waals surface area contributed by atoms with Gasteiger partial charge in [-0.2, -0.15) is 0 Å². The first-order chi connectivity index (χ1) is 6.60. The number of nitrogens with zero attached hydrogens (tertiary/aromatic N) is 1. The summed E-state index contributed by atoms with van der Waals surface area (Å²) in [6, 6.07) is 1.32. The SMILES string of the molecule is COc1nc(CN)cc(N)c1C(F)F. The van der Waals surface area contributed by atoms with Crippen molar-refractivity contribution in [2.75, 3.05) is 12.8 Å². The van der Waals surface area contributed by atoms with E-state index in [0.29, 0.717) is 5.69 Å². The number of ether oxygens (including phenoxy) is 1. The highest BCUT2D eigenvalue weighted by Crippen LogP contribution is 2.32. The fourth-order valence-corrected chi connectivity index (χ4v) is 1.08. The summed E-state index contributed by atoms with van der Waals surface area (Å²) in [5.74, 6) is -0.166. The third kappa shape index (κ3) is 1.90. The zero-order valence-corrected chi connectivity index (χ0v) is 7.63. The summed E-state index contributed by atoms with van der Waals surface area (Å²) in [7, 11) is 1.26. The number of hydrogen-bond acceptors (Lipinski definition) is 4. The summed E-state index contributed by atoms with van der Waals surface area (Å²) in [6.45, 7) is 0.129. The van der Waals surface area contributed by atoms with Gasteiger partial charge in [-0.15, -0.1) is 0 Å². The summed E-state index contributed by atoms with van der Waals surface area (Å²) in [4.78, 5) is 3.78. The lowest BCUT2D eigenvalue weighted by atomic mass is 10.2. The van der Waals surface area contributed by atoms with Crippen LogP contribution < -0.4 is 16.2 Å². The van der Waals surface area contributed by atoms with Crippen molar-refractivity contribution in [2.45, 2.75) is 13.0 Å². The van der Waals surface area contributed by atoms with Crippen LogP contribution in [0.5, 0.6) is 5.88 Å². The van der Waals surface area contributed by atoms with E-state index in [1.165, 1.54) is 13.2 Å². The van der Waals surface area contributed by atoms with Crippen molar-refractivity contribution >= 4 is 5.69 Å². The Hall–Kier alpha value is -1.43. The highest BCUT2D eigenvalue weighted by atomic mass is 19.3. The number of anilines is 1. The summed E-state index contributed by atoms with van der Waals surface area (Å²) < 4.78 is 29.7. The largest absolute Gasteiger partial charge is 0.481 e. The average Bonchev–Trinajstić information content (AvgIpc) is 2.15. The Morgan fingerprint density at radius 2 is 2.21 bits per heavy atom. The van der Waals surface area contributed by atoms with Crippen molar-refractivity contribution in [1.82, 2.24) is 4.98 Å². The van der Waals surface area contributed by atoms with Crippen molar-refractivity contribution in [3.63, 3.8) is 0 Å². The van der Waals surface area contributed by atoms with Gasteiger partial charge in [-0.3, -0.25) is 0 Å². The van der Waals surface area contributed by atoms with E-state index in [4.69, 9.17) is 16.2 Å². The van der Waals surface area contributed by atoms with E-state index in [1.807, 2.05) is 0 Å². The number of hydrogen-bond donors (Lipinski definition) is 2. The third-order valence-corrected chi connectivity index (χ3v) is 1.73. The van der Waals surface area contributed by atoms with Crippen LogP contribution in [0, 0.1) is 0 Å². The van der Waals surface area contributed by atoms with Crippen LogP contribution in [0.1, 0.15) is 17.7 Å². The van der Waals surface area contributed by atoms with Crippen molar-refractivity contribution in [1.29, 1.82) is 0 Å². The molecule has 4 N–H and O–H groups in total. The lowest BCUT2D eigenvalue weighted by molar-refractivity contribution is 0.147. The molecular formula is C8H11F2N3O. The molecule has 0 radical (unpaired) electrons. The smallest absolute Gasteiger partial charge is 0.271 e. The molecule has 1 heterocycles. The second-order valence-electron chi connectivity index (χ2n) is 2.63. The van der Waals surface area contributed by atoms with E-state index < -0.39 is 6.43 Å². The van der Waals surface area contributed by atoms with Gasteiger partial charge in [-0.1, -0.05) is 0 Å². The van der Waals surface area contributed by atoms with Gasteiger partial charge in [-0.05, 0) is 6.07 Å². The molecule has 78 valence electrons. The van der Waals surface area contributed by atoms with Crippen molar-refractivity contribution in [3.05, 3.63) is 17.3 Å². The normalized spacial score (nSPS) is 10.6. The lowest BCUT2D eigenvalue weighted by Gasteiger charge is -2.10. The molecule has 0 bridgehead atoms. The minimum absolute atomic E-state index is 0.0488. The molecule has 0 atom stereocenters. The zero-order chi connectivity index (χ0) is 10.7. The van der Waals surface area contributed by atoms with Crippen LogP contribution in [-0.2, 0) is 6.54 Å². The molecule has 1 aromatic heterocycles. The summed E-state index contributed by atoms with van der Waals surface area (Å²) in [5.41, 5.74) is 10.7. The van der Waals surface area contributed by atoms with Gasteiger partial charge in [0.2, 0.25) is 5.88 Å². The van der Waals surface area contributed by atoms with Crippen molar-refractivity contribution < 1.29 is 13.5 Å². The molecule has 6 heteroatoms. The van der Waals surface area contributed by atoms with Crippen LogP contribution in [0.2, 0.25) is 0 Å². The molecule has 14 heavy (non-hydrogen) atoms. The molecule has 0 aliphatic rings. The Balaban J connectivity index is 3.27. The standard InChI is InChI=1S/C8H11F2N3O/c1-14-8-6(7(9)10)5(12)2-4(3-11)13-8/h2,7H,3,11H2,1H3,(H2,12,13). The van der Waals surface area contributed by atoms with Gasteiger partial charge in [0, 0.05) is 12.2 Å². The van der Waals surface area contributed by atoms with Crippen molar-refractivity contribution in [2.24, 2.45) is 5.73 Å². The predicted molar refractivity (Wildman–Crippen MR) is 48.0 cm³/mol. The van der Waals surface area contributed by atoms with E-state index in [1.54, 1.807) is 0 Å². The number of rotatable bonds is 3. The molecule has 0 saturated carbocycles. The molecule has 0 aliphatic heterocycles.